The number of nitrogens with two attached hydrogens (primary N) is 1. The van der Waals surface area contributed by atoms with E-state index in [1.165, 1.54) is 0 Å². The van der Waals surface area contributed by atoms with E-state index in [9.17, 15) is 4.79 Å². The van der Waals surface area contributed by atoms with Gasteiger partial charge in [0.05, 0.1) is 11.4 Å². The summed E-state index contributed by atoms with van der Waals surface area (Å²) in [5, 5.41) is 16.0. The lowest BCUT2D eigenvalue weighted by Crippen LogP contribution is -2.45. The molecule has 0 bridgehead atoms. The minimum Gasteiger partial charge on any atom is -0.396 e. The normalized spacial score (nSPS) is 15.1. The number of amides is 1. The lowest BCUT2D eigenvalue weighted by atomic mass is 9.91. The molecule has 1 amide bonds. The van der Waals surface area contributed by atoms with Gasteiger partial charge in [0, 0.05) is 19.2 Å². The fraction of sp³-hybridized carbons (Fsp3) is 0.714. The Morgan fingerprint density at radius 1 is 1.55 bits per heavy atom. The van der Waals surface area contributed by atoms with Crippen molar-refractivity contribution in [2.75, 3.05) is 18.9 Å². The van der Waals surface area contributed by atoms with Crippen molar-refractivity contribution in [1.82, 2.24) is 15.1 Å². The van der Waals surface area contributed by atoms with E-state index >= 15 is 0 Å². The quantitative estimate of drug-likeness (QED) is 0.702. The van der Waals surface area contributed by atoms with Crippen LogP contribution in [-0.2, 0) is 6.42 Å². The zero-order valence-electron chi connectivity index (χ0n) is 12.1. The maximum Gasteiger partial charge on any atom is 0.276 e. The summed E-state index contributed by atoms with van der Waals surface area (Å²) < 4.78 is 0. The smallest absolute Gasteiger partial charge is 0.276 e. The molecular formula is C14H24N4O2. The number of aliphatic hydroxyl groups excluding tert-OH is 1. The lowest BCUT2D eigenvalue weighted by Gasteiger charge is -2.37. The molecule has 112 valence electrons. The molecule has 1 aromatic rings. The number of anilines is 1. The number of carbonyl (C=O) groups is 1. The highest BCUT2D eigenvalue weighted by atomic mass is 16.3. The fourth-order valence-electron chi connectivity index (χ4n) is 2.52. The summed E-state index contributed by atoms with van der Waals surface area (Å²) in [5.41, 5.74) is 7.67. The fourth-order valence-corrected chi connectivity index (χ4v) is 2.52. The molecule has 1 heterocycles. The standard InChI is InChI=1S/C14H24N4O2/c1-2-5-11-12(15)13(17-16-11)14(20)18(8-4-9-19)10-6-3-7-10/h10,19H,2-9,15H2,1H3,(H,16,17). The predicted molar refractivity (Wildman–Crippen MR) is 77.4 cm³/mol. The molecule has 0 aliphatic heterocycles. The molecule has 20 heavy (non-hydrogen) atoms. The molecule has 6 heteroatoms. The van der Waals surface area contributed by atoms with Crippen molar-refractivity contribution in [2.24, 2.45) is 0 Å². The number of aromatic amines is 1. The highest BCUT2D eigenvalue weighted by Crippen LogP contribution is 2.27. The van der Waals surface area contributed by atoms with Crippen LogP contribution in [0.2, 0.25) is 0 Å². The Kier molecular flexibility index (Phi) is 5.00. The van der Waals surface area contributed by atoms with Crippen molar-refractivity contribution in [3.05, 3.63) is 11.4 Å². The minimum absolute atomic E-state index is 0.0909. The van der Waals surface area contributed by atoms with Crippen LogP contribution in [0.3, 0.4) is 0 Å². The molecule has 4 N–H and O–H groups in total. The highest BCUT2D eigenvalue weighted by Gasteiger charge is 2.31. The van der Waals surface area contributed by atoms with Crippen LogP contribution in [0.1, 0.15) is 55.2 Å². The summed E-state index contributed by atoms with van der Waals surface area (Å²) in [4.78, 5) is 14.4. The monoisotopic (exact) mass is 280 g/mol. The van der Waals surface area contributed by atoms with E-state index in [2.05, 4.69) is 17.1 Å². The Bertz CT molecular complexity index is 454. The number of aryl methyl sites for hydroxylation is 1. The minimum atomic E-state index is -0.112. The summed E-state index contributed by atoms with van der Waals surface area (Å²) in [6, 6.07) is 0.278. The number of nitrogens with one attached hydrogen (secondary N) is 1. The molecule has 0 aromatic carbocycles. The van der Waals surface area contributed by atoms with E-state index in [1.807, 2.05) is 4.90 Å². The summed E-state index contributed by atoms with van der Waals surface area (Å²) in [7, 11) is 0. The van der Waals surface area contributed by atoms with E-state index in [-0.39, 0.29) is 18.6 Å². The van der Waals surface area contributed by atoms with Crippen LogP contribution in [0.5, 0.6) is 0 Å². The van der Waals surface area contributed by atoms with Gasteiger partial charge < -0.3 is 15.7 Å². The van der Waals surface area contributed by atoms with Crippen molar-refractivity contribution >= 4 is 11.6 Å². The van der Waals surface area contributed by atoms with Gasteiger partial charge in [-0.3, -0.25) is 9.89 Å². The highest BCUT2D eigenvalue weighted by molar-refractivity contribution is 5.97. The van der Waals surface area contributed by atoms with Crippen LogP contribution in [0, 0.1) is 0 Å². The van der Waals surface area contributed by atoms with E-state index in [0.29, 0.717) is 24.3 Å². The lowest BCUT2D eigenvalue weighted by molar-refractivity contribution is 0.0557. The molecule has 1 aliphatic rings. The topological polar surface area (TPSA) is 95.2 Å². The van der Waals surface area contributed by atoms with Gasteiger partial charge in [-0.05, 0) is 32.1 Å². The van der Waals surface area contributed by atoms with Gasteiger partial charge in [-0.25, -0.2) is 0 Å². The van der Waals surface area contributed by atoms with Gasteiger partial charge in [-0.1, -0.05) is 13.3 Å². The second kappa shape index (κ2) is 6.74. The summed E-state index contributed by atoms with van der Waals surface area (Å²) in [6.07, 6.45) is 5.56. The number of hydrogen-bond acceptors (Lipinski definition) is 4. The third-order valence-electron chi connectivity index (χ3n) is 3.92. The maximum atomic E-state index is 12.6. The molecule has 1 fully saturated rings. The second-order valence-corrected chi connectivity index (χ2v) is 5.37. The Hall–Kier alpha value is -1.56. The van der Waals surface area contributed by atoms with Crippen molar-refractivity contribution < 1.29 is 9.90 Å². The van der Waals surface area contributed by atoms with Crippen molar-refractivity contribution in [3.8, 4) is 0 Å². The Morgan fingerprint density at radius 3 is 2.85 bits per heavy atom. The van der Waals surface area contributed by atoms with Gasteiger partial charge in [0.1, 0.15) is 0 Å². The first-order valence-electron chi connectivity index (χ1n) is 7.43. The number of aliphatic hydroxyl groups is 1. The number of H-pyrrole nitrogens is 1. The number of aromatic nitrogens is 2. The van der Waals surface area contributed by atoms with Gasteiger partial charge in [0.15, 0.2) is 5.69 Å². The first-order valence-corrected chi connectivity index (χ1v) is 7.43. The van der Waals surface area contributed by atoms with Gasteiger partial charge in [-0.15, -0.1) is 0 Å². The van der Waals surface area contributed by atoms with Crippen molar-refractivity contribution in [2.45, 2.75) is 51.5 Å². The molecule has 0 radical (unpaired) electrons. The molecule has 1 aliphatic carbocycles. The Balaban J connectivity index is 2.13. The van der Waals surface area contributed by atoms with E-state index < -0.39 is 0 Å². The third kappa shape index (κ3) is 2.95. The number of nitrogens with zero attached hydrogens (tertiary/aromatic N) is 2. The Morgan fingerprint density at radius 2 is 2.30 bits per heavy atom. The molecule has 0 atom stereocenters. The molecule has 0 unspecified atom stereocenters. The summed E-state index contributed by atoms with van der Waals surface area (Å²) >= 11 is 0. The van der Waals surface area contributed by atoms with Gasteiger partial charge in [0.2, 0.25) is 0 Å². The zero-order valence-corrected chi connectivity index (χ0v) is 12.1. The molecule has 0 spiro atoms. The first-order chi connectivity index (χ1) is 9.69. The summed E-state index contributed by atoms with van der Waals surface area (Å²) in [5.74, 6) is -0.112. The largest absolute Gasteiger partial charge is 0.396 e. The molecule has 6 nitrogen and oxygen atoms in total. The Labute approximate surface area is 119 Å². The zero-order chi connectivity index (χ0) is 14.5. The van der Waals surface area contributed by atoms with Gasteiger partial charge >= 0.3 is 0 Å². The van der Waals surface area contributed by atoms with Crippen molar-refractivity contribution in [3.63, 3.8) is 0 Å². The molecular weight excluding hydrogens is 256 g/mol. The van der Waals surface area contributed by atoms with Crippen LogP contribution in [0.25, 0.3) is 0 Å². The number of rotatable bonds is 7. The average molecular weight is 280 g/mol. The van der Waals surface area contributed by atoms with Crippen LogP contribution < -0.4 is 5.73 Å². The summed E-state index contributed by atoms with van der Waals surface area (Å²) in [6.45, 7) is 2.72. The van der Waals surface area contributed by atoms with Crippen LogP contribution in [-0.4, -0.2) is 45.3 Å². The van der Waals surface area contributed by atoms with Crippen LogP contribution in [0.15, 0.2) is 0 Å². The van der Waals surface area contributed by atoms with E-state index in [1.54, 1.807) is 0 Å². The van der Waals surface area contributed by atoms with Crippen LogP contribution in [0.4, 0.5) is 5.69 Å². The molecule has 0 saturated heterocycles. The van der Waals surface area contributed by atoms with E-state index in [0.717, 1.165) is 37.8 Å². The number of hydrogen-bond donors (Lipinski definition) is 3. The third-order valence-corrected chi connectivity index (χ3v) is 3.92. The number of nitrogen functional groups attached to an aromatic ring is 1. The molecule has 2 rings (SSSR count). The van der Waals surface area contributed by atoms with Crippen molar-refractivity contribution in [1.29, 1.82) is 0 Å². The number of carbonyl (C=O) groups excluding carboxylic acids is 1. The first kappa shape index (κ1) is 14.8. The maximum absolute atomic E-state index is 12.6. The average Bonchev–Trinajstić information content (AvgIpc) is 2.73. The SMILES string of the molecule is CCCc1[nH]nc(C(=O)N(CCCO)C2CCC2)c1N. The van der Waals surface area contributed by atoms with Crippen LogP contribution >= 0.6 is 0 Å². The molecule has 1 aromatic heterocycles. The van der Waals surface area contributed by atoms with Gasteiger partial charge in [-0.2, -0.15) is 5.10 Å². The molecule has 1 saturated carbocycles. The van der Waals surface area contributed by atoms with Gasteiger partial charge in [0.25, 0.3) is 5.91 Å². The predicted octanol–water partition coefficient (Wildman–Crippen LogP) is 1.32. The van der Waals surface area contributed by atoms with E-state index in [4.69, 9.17) is 10.8 Å². The second-order valence-electron chi connectivity index (χ2n) is 5.37.